The summed E-state index contributed by atoms with van der Waals surface area (Å²) in [5, 5.41) is 8.55. The van der Waals surface area contributed by atoms with Crippen LogP contribution in [0, 0.1) is 31.6 Å². The number of nitrogens with zero attached hydrogens (tertiary/aromatic N) is 2. The summed E-state index contributed by atoms with van der Waals surface area (Å²) >= 11 is 6.23. The van der Waals surface area contributed by atoms with Gasteiger partial charge in [0.2, 0.25) is 5.91 Å². The summed E-state index contributed by atoms with van der Waals surface area (Å²) in [6.07, 6.45) is 7.69. The van der Waals surface area contributed by atoms with Crippen molar-refractivity contribution in [2.24, 2.45) is 17.8 Å². The van der Waals surface area contributed by atoms with Crippen molar-refractivity contribution in [1.29, 1.82) is 0 Å². The van der Waals surface area contributed by atoms with Gasteiger partial charge in [-0.05, 0) is 77.0 Å². The van der Waals surface area contributed by atoms with Crippen molar-refractivity contribution in [3.8, 4) is 0 Å². The van der Waals surface area contributed by atoms with Crippen molar-refractivity contribution in [3.05, 3.63) is 16.4 Å². The number of hydrogen-bond acceptors (Lipinski definition) is 2. The van der Waals surface area contributed by atoms with Gasteiger partial charge in [0.1, 0.15) is 6.04 Å². The summed E-state index contributed by atoms with van der Waals surface area (Å²) < 4.78 is 1.77. The smallest absolute Gasteiger partial charge is 0.245 e. The number of carbonyl (C=O) groups is 1. The maximum Gasteiger partial charge on any atom is 0.245 e. The average molecular weight is 336 g/mol. The second kappa shape index (κ2) is 5.23. The maximum absolute atomic E-state index is 12.9. The molecule has 0 saturated heterocycles. The van der Waals surface area contributed by atoms with E-state index in [4.69, 9.17) is 11.6 Å². The van der Waals surface area contributed by atoms with Crippen LogP contribution in [0.25, 0.3) is 0 Å². The number of halogens is 1. The topological polar surface area (TPSA) is 46.9 Å². The number of hydrogen-bond donors (Lipinski definition) is 1. The second-order valence-electron chi connectivity index (χ2n) is 8.29. The van der Waals surface area contributed by atoms with Crippen LogP contribution < -0.4 is 5.32 Å². The van der Waals surface area contributed by atoms with E-state index >= 15 is 0 Å². The van der Waals surface area contributed by atoms with E-state index in [0.29, 0.717) is 5.02 Å². The zero-order valence-electron chi connectivity index (χ0n) is 14.2. The molecule has 4 aliphatic carbocycles. The molecule has 4 bridgehead atoms. The Labute approximate surface area is 143 Å². The summed E-state index contributed by atoms with van der Waals surface area (Å²) in [7, 11) is 0. The minimum absolute atomic E-state index is 0.0555. The minimum atomic E-state index is -0.311. The Bertz CT molecular complexity index is 616. The summed E-state index contributed by atoms with van der Waals surface area (Å²) in [4.78, 5) is 12.9. The van der Waals surface area contributed by atoms with Gasteiger partial charge in [-0.15, -0.1) is 0 Å². The van der Waals surface area contributed by atoms with Crippen molar-refractivity contribution >= 4 is 17.5 Å². The summed E-state index contributed by atoms with van der Waals surface area (Å²) in [6.45, 7) is 5.73. The van der Waals surface area contributed by atoms with Crippen LogP contribution in [0.3, 0.4) is 0 Å². The summed E-state index contributed by atoms with van der Waals surface area (Å²) in [6, 6.07) is -0.311. The van der Waals surface area contributed by atoms with E-state index in [-0.39, 0.29) is 17.5 Å². The first-order chi connectivity index (χ1) is 10.9. The molecule has 0 aromatic carbocycles. The van der Waals surface area contributed by atoms with Gasteiger partial charge < -0.3 is 5.32 Å². The van der Waals surface area contributed by atoms with Crippen LogP contribution in [0.4, 0.5) is 0 Å². The molecule has 1 aromatic heterocycles. The van der Waals surface area contributed by atoms with E-state index in [9.17, 15) is 4.79 Å². The molecule has 4 fully saturated rings. The number of aryl methyl sites for hydroxylation is 1. The van der Waals surface area contributed by atoms with Gasteiger partial charge >= 0.3 is 0 Å². The fourth-order valence-corrected chi connectivity index (χ4v) is 5.88. The molecular formula is C18H26ClN3O. The first-order valence-corrected chi connectivity index (χ1v) is 9.28. The van der Waals surface area contributed by atoms with Crippen molar-refractivity contribution in [3.63, 3.8) is 0 Å². The molecule has 1 amide bonds. The Kier molecular flexibility index (Phi) is 3.53. The van der Waals surface area contributed by atoms with E-state index < -0.39 is 0 Å². The van der Waals surface area contributed by atoms with Crippen LogP contribution in [0.2, 0.25) is 5.02 Å². The molecule has 4 saturated carbocycles. The molecular weight excluding hydrogens is 310 g/mol. The van der Waals surface area contributed by atoms with Gasteiger partial charge in [-0.2, -0.15) is 5.10 Å². The van der Waals surface area contributed by atoms with E-state index in [1.54, 1.807) is 4.68 Å². The van der Waals surface area contributed by atoms with Gasteiger partial charge in [0, 0.05) is 5.54 Å². The van der Waals surface area contributed by atoms with Gasteiger partial charge in [0.15, 0.2) is 0 Å². The lowest BCUT2D eigenvalue weighted by atomic mass is 9.53. The summed E-state index contributed by atoms with van der Waals surface area (Å²) in [5.74, 6) is 2.59. The predicted octanol–water partition coefficient (Wildman–Crippen LogP) is 3.80. The molecule has 1 N–H and O–H groups in total. The number of carbonyl (C=O) groups excluding carboxylic acids is 1. The normalized spacial score (nSPS) is 36.3. The molecule has 1 unspecified atom stereocenters. The molecule has 1 heterocycles. The lowest BCUT2D eigenvalue weighted by molar-refractivity contribution is -0.130. The number of amides is 1. The molecule has 1 atom stereocenters. The third-order valence-corrected chi connectivity index (χ3v) is 6.96. The van der Waals surface area contributed by atoms with Crippen LogP contribution in [0.5, 0.6) is 0 Å². The Morgan fingerprint density at radius 2 is 1.74 bits per heavy atom. The van der Waals surface area contributed by atoms with Crippen LogP contribution in [-0.4, -0.2) is 21.2 Å². The van der Waals surface area contributed by atoms with Crippen LogP contribution >= 0.6 is 11.6 Å². The monoisotopic (exact) mass is 335 g/mol. The Morgan fingerprint density at radius 1 is 1.22 bits per heavy atom. The fraction of sp³-hybridized carbons (Fsp3) is 0.778. The number of rotatable bonds is 3. The first kappa shape index (κ1) is 15.5. The molecule has 1 aromatic rings. The van der Waals surface area contributed by atoms with E-state index in [1.807, 2.05) is 20.8 Å². The van der Waals surface area contributed by atoms with E-state index in [1.165, 1.54) is 38.5 Å². The largest absolute Gasteiger partial charge is 0.349 e. The molecule has 5 rings (SSSR count). The van der Waals surface area contributed by atoms with Crippen molar-refractivity contribution in [2.45, 2.75) is 70.9 Å². The Balaban J connectivity index is 1.52. The quantitative estimate of drug-likeness (QED) is 0.913. The third-order valence-electron chi connectivity index (χ3n) is 6.41. The van der Waals surface area contributed by atoms with E-state index in [2.05, 4.69) is 10.4 Å². The highest BCUT2D eigenvalue weighted by Crippen LogP contribution is 2.55. The molecule has 0 radical (unpaired) electrons. The van der Waals surface area contributed by atoms with Gasteiger partial charge in [0.05, 0.1) is 16.4 Å². The Hall–Kier alpha value is -1.03. The molecule has 126 valence electrons. The predicted molar refractivity (Wildman–Crippen MR) is 90.5 cm³/mol. The molecule has 4 aliphatic rings. The van der Waals surface area contributed by atoms with Gasteiger partial charge in [-0.25, -0.2) is 0 Å². The van der Waals surface area contributed by atoms with Gasteiger partial charge in [0.25, 0.3) is 0 Å². The lowest BCUT2D eigenvalue weighted by Crippen LogP contribution is -2.60. The maximum atomic E-state index is 12.9. The van der Waals surface area contributed by atoms with Crippen LogP contribution in [0.15, 0.2) is 0 Å². The fourth-order valence-electron chi connectivity index (χ4n) is 5.76. The van der Waals surface area contributed by atoms with Crippen molar-refractivity contribution in [1.82, 2.24) is 15.1 Å². The number of aromatic nitrogens is 2. The van der Waals surface area contributed by atoms with Crippen molar-refractivity contribution in [2.75, 3.05) is 0 Å². The SMILES string of the molecule is Cc1nn(C(C)C(=O)NC23CC4CC(CC(C4)C2)C3)c(C)c1Cl. The molecule has 0 spiro atoms. The lowest BCUT2D eigenvalue weighted by Gasteiger charge is -2.57. The highest BCUT2D eigenvalue weighted by Gasteiger charge is 2.51. The molecule has 23 heavy (non-hydrogen) atoms. The average Bonchev–Trinajstić information content (AvgIpc) is 2.72. The first-order valence-electron chi connectivity index (χ1n) is 8.90. The van der Waals surface area contributed by atoms with E-state index in [0.717, 1.165) is 29.1 Å². The van der Waals surface area contributed by atoms with Crippen molar-refractivity contribution < 1.29 is 4.79 Å². The standard InChI is InChI=1S/C18H26ClN3O/c1-10-16(19)11(2)22(21-10)12(3)17(23)20-18-7-13-4-14(8-18)6-15(5-13)9-18/h12-15H,4-9H2,1-3H3,(H,20,23). The highest BCUT2D eigenvalue weighted by atomic mass is 35.5. The molecule has 5 heteroatoms. The van der Waals surface area contributed by atoms with Crippen LogP contribution in [0.1, 0.15) is 62.9 Å². The second-order valence-corrected chi connectivity index (χ2v) is 8.67. The van der Waals surface area contributed by atoms with Crippen LogP contribution in [-0.2, 0) is 4.79 Å². The minimum Gasteiger partial charge on any atom is -0.349 e. The molecule has 0 aliphatic heterocycles. The Morgan fingerprint density at radius 3 is 2.17 bits per heavy atom. The molecule has 4 nitrogen and oxygen atoms in total. The zero-order chi connectivity index (χ0) is 16.4. The zero-order valence-corrected chi connectivity index (χ0v) is 15.0. The van der Waals surface area contributed by atoms with Gasteiger partial charge in [-0.1, -0.05) is 11.6 Å². The highest BCUT2D eigenvalue weighted by molar-refractivity contribution is 6.31. The number of nitrogens with one attached hydrogen (secondary N) is 1. The third kappa shape index (κ3) is 2.50. The van der Waals surface area contributed by atoms with Gasteiger partial charge in [-0.3, -0.25) is 9.48 Å². The summed E-state index contributed by atoms with van der Waals surface area (Å²) in [5.41, 5.74) is 1.72.